The normalized spacial score (nSPS) is 18.0. The SMILES string of the molecule is O=C(Nc1ccc(Cl)cc1)C(O)C1CCCC1. The Morgan fingerprint density at radius 3 is 2.47 bits per heavy atom. The summed E-state index contributed by atoms with van der Waals surface area (Å²) < 4.78 is 0. The van der Waals surface area contributed by atoms with Crippen molar-refractivity contribution in [3.05, 3.63) is 29.3 Å². The average Bonchev–Trinajstić information content (AvgIpc) is 2.84. The molecule has 1 unspecified atom stereocenters. The third-order valence-corrected chi connectivity index (χ3v) is 3.48. The summed E-state index contributed by atoms with van der Waals surface area (Å²) >= 11 is 5.75. The second kappa shape index (κ2) is 5.52. The minimum atomic E-state index is -0.895. The maximum Gasteiger partial charge on any atom is 0.253 e. The molecule has 0 heterocycles. The molecule has 0 saturated heterocycles. The molecule has 1 aliphatic carbocycles. The molecule has 1 fully saturated rings. The van der Waals surface area contributed by atoms with E-state index in [0.29, 0.717) is 10.7 Å². The highest BCUT2D eigenvalue weighted by atomic mass is 35.5. The molecule has 17 heavy (non-hydrogen) atoms. The third-order valence-electron chi connectivity index (χ3n) is 3.23. The zero-order valence-electron chi connectivity index (χ0n) is 9.53. The number of benzene rings is 1. The minimum absolute atomic E-state index is 0.113. The smallest absolute Gasteiger partial charge is 0.253 e. The summed E-state index contributed by atoms with van der Waals surface area (Å²) in [5.41, 5.74) is 0.663. The Kier molecular flexibility index (Phi) is 4.02. The van der Waals surface area contributed by atoms with Crippen molar-refractivity contribution < 1.29 is 9.90 Å². The maximum absolute atomic E-state index is 11.8. The van der Waals surface area contributed by atoms with Gasteiger partial charge < -0.3 is 10.4 Å². The number of aliphatic hydroxyl groups excluding tert-OH is 1. The molecule has 0 bridgehead atoms. The second-order valence-electron chi connectivity index (χ2n) is 4.49. The number of halogens is 1. The van der Waals surface area contributed by atoms with Gasteiger partial charge in [0.25, 0.3) is 5.91 Å². The maximum atomic E-state index is 11.8. The van der Waals surface area contributed by atoms with Gasteiger partial charge in [0, 0.05) is 10.7 Å². The lowest BCUT2D eigenvalue weighted by Gasteiger charge is -2.17. The topological polar surface area (TPSA) is 49.3 Å². The Bertz CT molecular complexity index is 385. The zero-order valence-corrected chi connectivity index (χ0v) is 10.3. The van der Waals surface area contributed by atoms with Gasteiger partial charge in [0.05, 0.1) is 0 Å². The summed E-state index contributed by atoms with van der Waals surface area (Å²) in [5.74, 6) is -0.207. The van der Waals surface area contributed by atoms with Crippen molar-refractivity contribution in [2.24, 2.45) is 5.92 Å². The van der Waals surface area contributed by atoms with Gasteiger partial charge in [-0.15, -0.1) is 0 Å². The Balaban J connectivity index is 1.93. The third kappa shape index (κ3) is 3.20. The quantitative estimate of drug-likeness (QED) is 0.870. The van der Waals surface area contributed by atoms with Gasteiger partial charge >= 0.3 is 0 Å². The standard InChI is InChI=1S/C13H16ClNO2/c14-10-5-7-11(8-6-10)15-13(17)12(16)9-3-1-2-4-9/h5-9,12,16H,1-4H2,(H,15,17). The van der Waals surface area contributed by atoms with Crippen LogP contribution in [0, 0.1) is 5.92 Å². The van der Waals surface area contributed by atoms with Crippen LogP contribution in [0.2, 0.25) is 5.02 Å². The van der Waals surface area contributed by atoms with E-state index in [1.165, 1.54) is 0 Å². The van der Waals surface area contributed by atoms with E-state index in [2.05, 4.69) is 5.32 Å². The van der Waals surface area contributed by atoms with E-state index >= 15 is 0 Å². The lowest BCUT2D eigenvalue weighted by atomic mass is 10.0. The summed E-state index contributed by atoms with van der Waals surface area (Å²) in [4.78, 5) is 11.8. The van der Waals surface area contributed by atoms with Crippen molar-refractivity contribution >= 4 is 23.2 Å². The van der Waals surface area contributed by atoms with Crippen LogP contribution in [0.3, 0.4) is 0 Å². The van der Waals surface area contributed by atoms with Crippen molar-refractivity contribution in [1.29, 1.82) is 0 Å². The first-order chi connectivity index (χ1) is 8.16. The summed E-state index contributed by atoms with van der Waals surface area (Å²) in [5, 5.41) is 13.2. The van der Waals surface area contributed by atoms with E-state index in [1.54, 1.807) is 24.3 Å². The van der Waals surface area contributed by atoms with Crippen molar-refractivity contribution in [3.8, 4) is 0 Å². The van der Waals surface area contributed by atoms with Crippen molar-refractivity contribution in [1.82, 2.24) is 0 Å². The van der Waals surface area contributed by atoms with Crippen LogP contribution in [0.25, 0.3) is 0 Å². The number of rotatable bonds is 3. The van der Waals surface area contributed by atoms with Crippen LogP contribution in [-0.4, -0.2) is 17.1 Å². The van der Waals surface area contributed by atoms with E-state index in [-0.39, 0.29) is 11.8 Å². The van der Waals surface area contributed by atoms with Crippen LogP contribution in [0.15, 0.2) is 24.3 Å². The second-order valence-corrected chi connectivity index (χ2v) is 4.92. The number of carbonyl (C=O) groups is 1. The molecule has 2 N–H and O–H groups in total. The Hall–Kier alpha value is -1.06. The molecule has 1 aromatic carbocycles. The number of hydrogen-bond acceptors (Lipinski definition) is 2. The molecule has 0 spiro atoms. The Labute approximate surface area is 106 Å². The molecule has 0 aromatic heterocycles. The highest BCUT2D eigenvalue weighted by Gasteiger charge is 2.28. The minimum Gasteiger partial charge on any atom is -0.383 e. The molecule has 0 radical (unpaired) electrons. The fraction of sp³-hybridized carbons (Fsp3) is 0.462. The summed E-state index contributed by atoms with van der Waals surface area (Å²) in [6.07, 6.45) is 3.20. The van der Waals surface area contributed by atoms with Crippen LogP contribution in [0.4, 0.5) is 5.69 Å². The van der Waals surface area contributed by atoms with E-state index in [4.69, 9.17) is 11.6 Å². The van der Waals surface area contributed by atoms with Gasteiger partial charge in [-0.3, -0.25) is 4.79 Å². The van der Waals surface area contributed by atoms with E-state index in [1.807, 2.05) is 0 Å². The molecule has 0 aliphatic heterocycles. The Morgan fingerprint density at radius 2 is 1.88 bits per heavy atom. The molecule has 3 nitrogen and oxygen atoms in total. The molecule has 92 valence electrons. The number of anilines is 1. The highest BCUT2D eigenvalue weighted by molar-refractivity contribution is 6.30. The molecule has 2 rings (SSSR count). The van der Waals surface area contributed by atoms with Gasteiger partial charge in [-0.25, -0.2) is 0 Å². The van der Waals surface area contributed by atoms with Crippen LogP contribution >= 0.6 is 11.6 Å². The van der Waals surface area contributed by atoms with Crippen LogP contribution in [0.5, 0.6) is 0 Å². The van der Waals surface area contributed by atoms with Crippen LogP contribution < -0.4 is 5.32 Å². The number of hydrogen-bond donors (Lipinski definition) is 2. The predicted molar refractivity (Wildman–Crippen MR) is 68.0 cm³/mol. The van der Waals surface area contributed by atoms with Gasteiger partial charge in [0.1, 0.15) is 6.10 Å². The van der Waals surface area contributed by atoms with Gasteiger partial charge in [-0.1, -0.05) is 24.4 Å². The largest absolute Gasteiger partial charge is 0.383 e. The summed E-state index contributed by atoms with van der Waals surface area (Å²) in [6.45, 7) is 0. The number of aliphatic hydroxyl groups is 1. The first kappa shape index (κ1) is 12.4. The first-order valence-corrected chi connectivity index (χ1v) is 6.29. The average molecular weight is 254 g/mol. The van der Waals surface area contributed by atoms with E-state index in [9.17, 15) is 9.90 Å². The zero-order chi connectivity index (χ0) is 12.3. The predicted octanol–water partition coefficient (Wildman–Crippen LogP) is 2.83. The van der Waals surface area contributed by atoms with Gasteiger partial charge in [0.15, 0.2) is 0 Å². The number of carbonyl (C=O) groups excluding carboxylic acids is 1. The van der Waals surface area contributed by atoms with Gasteiger partial charge in [-0.2, -0.15) is 0 Å². The number of nitrogens with one attached hydrogen (secondary N) is 1. The fourth-order valence-corrected chi connectivity index (χ4v) is 2.36. The van der Waals surface area contributed by atoms with E-state index in [0.717, 1.165) is 25.7 Å². The fourth-order valence-electron chi connectivity index (χ4n) is 2.24. The molecule has 1 amide bonds. The molecular weight excluding hydrogens is 238 g/mol. The summed E-state index contributed by atoms with van der Waals surface area (Å²) in [6, 6.07) is 6.86. The highest BCUT2D eigenvalue weighted by Crippen LogP contribution is 2.28. The first-order valence-electron chi connectivity index (χ1n) is 5.91. The van der Waals surface area contributed by atoms with Crippen molar-refractivity contribution in [2.75, 3.05) is 5.32 Å². The Morgan fingerprint density at radius 1 is 1.29 bits per heavy atom. The molecule has 1 atom stereocenters. The molecule has 1 aliphatic rings. The van der Waals surface area contributed by atoms with Crippen molar-refractivity contribution in [2.45, 2.75) is 31.8 Å². The molecule has 4 heteroatoms. The summed E-state index contributed by atoms with van der Waals surface area (Å²) in [7, 11) is 0. The van der Waals surface area contributed by atoms with Crippen molar-refractivity contribution in [3.63, 3.8) is 0 Å². The number of amides is 1. The van der Waals surface area contributed by atoms with Gasteiger partial charge in [0.2, 0.25) is 0 Å². The monoisotopic (exact) mass is 253 g/mol. The van der Waals surface area contributed by atoms with Crippen LogP contribution in [-0.2, 0) is 4.79 Å². The lowest BCUT2D eigenvalue weighted by Crippen LogP contribution is -2.33. The molecule has 1 saturated carbocycles. The lowest BCUT2D eigenvalue weighted by molar-refractivity contribution is -0.126. The van der Waals surface area contributed by atoms with Crippen LogP contribution in [0.1, 0.15) is 25.7 Å². The molecular formula is C13H16ClNO2. The van der Waals surface area contributed by atoms with Gasteiger partial charge in [-0.05, 0) is 43.0 Å². The molecule has 1 aromatic rings. The van der Waals surface area contributed by atoms with E-state index < -0.39 is 6.10 Å².